The summed E-state index contributed by atoms with van der Waals surface area (Å²) >= 11 is 0. The second kappa shape index (κ2) is 14.8. The first kappa shape index (κ1) is 38.1. The van der Waals surface area contributed by atoms with Crippen molar-refractivity contribution in [1.29, 1.82) is 0 Å². The Labute approximate surface area is 257 Å². The topological polar surface area (TPSA) is 63.2 Å². The van der Waals surface area contributed by atoms with E-state index in [4.69, 9.17) is 0 Å². The van der Waals surface area contributed by atoms with Gasteiger partial charge >= 0.3 is 217 Å². The van der Waals surface area contributed by atoms with Crippen LogP contribution < -0.4 is 220 Å². The van der Waals surface area contributed by atoms with Crippen LogP contribution in [0, 0.1) is 0 Å². The molecule has 0 heterocycles. The summed E-state index contributed by atoms with van der Waals surface area (Å²) in [7, 11) is -6.95. The minimum atomic E-state index is -6.95. The summed E-state index contributed by atoms with van der Waals surface area (Å²) in [5.41, 5.74) is -6.18. The number of halogens is 6. The molecule has 3 nitrogen and oxygen atoms in total. The Morgan fingerprint density at radius 1 is 0.812 bits per heavy atom. The van der Waals surface area contributed by atoms with Crippen molar-refractivity contribution < 1.29 is 247 Å². The van der Waals surface area contributed by atoms with Gasteiger partial charge in [-0.2, -0.15) is 22.0 Å². The molecule has 0 bridgehead atoms. The maximum Gasteiger partial charge on any atom is 1.00 e. The first-order chi connectivity index (χ1) is 4.50. The van der Waals surface area contributed by atoms with Crippen LogP contribution in [0.5, 0.6) is 0 Å². The van der Waals surface area contributed by atoms with Crippen molar-refractivity contribution in [2.24, 2.45) is 0 Å². The average Bonchev–Trinajstić information content (AvgIpc) is 1.58. The average molecular weight is 373 g/mol. The minimum Gasteiger partial charge on any atom is -1.00 e. The first-order valence-corrected chi connectivity index (χ1v) is 3.51. The van der Waals surface area contributed by atoms with E-state index >= 15 is 0 Å². The van der Waals surface area contributed by atoms with Crippen LogP contribution in [0.4, 0.5) is 22.0 Å². The molecule has 0 atom stereocenters. The van der Waals surface area contributed by atoms with E-state index < -0.39 is 19.4 Å². The number of rotatable bonds is 1. The van der Waals surface area contributed by atoms with Gasteiger partial charge in [0.15, 0.2) is 0 Å². The second-order valence-corrected chi connectivity index (χ2v) is 3.09. The Hall–Kier alpha value is 6.28. The first-order valence-electron chi connectivity index (χ1n) is 1.97. The van der Waals surface area contributed by atoms with Crippen molar-refractivity contribution in [2.75, 3.05) is 0 Å². The molecule has 0 aliphatic heterocycles. The number of hydrogen-bond acceptors (Lipinski definition) is 3. The van der Waals surface area contributed by atoms with Crippen LogP contribution in [0.3, 0.4) is 0 Å². The van der Waals surface area contributed by atoms with Crippen LogP contribution in [-0.4, -0.2) is 11.8 Å². The maximum absolute atomic E-state index is 11.4. The van der Waals surface area contributed by atoms with Gasteiger partial charge < -0.3 is 19.1 Å². The van der Waals surface area contributed by atoms with Crippen LogP contribution >= 0.6 is 7.60 Å². The Morgan fingerprint density at radius 3 is 1.00 bits per heavy atom. The molecule has 16 heavy (non-hydrogen) atoms. The van der Waals surface area contributed by atoms with Gasteiger partial charge in [0.05, 0.1) is 0 Å². The molecule has 0 aliphatic carbocycles. The zero-order valence-corrected chi connectivity index (χ0v) is 22.3. The van der Waals surface area contributed by atoms with E-state index in [1.807, 2.05) is 0 Å². The van der Waals surface area contributed by atoms with Crippen molar-refractivity contribution in [3.8, 4) is 0 Å². The van der Waals surface area contributed by atoms with Crippen molar-refractivity contribution in [3.63, 3.8) is 0 Å². The summed E-state index contributed by atoms with van der Waals surface area (Å²) in [6.07, 6.45) is -6.34. The third-order valence-corrected chi connectivity index (χ3v) is 1.63. The number of hydrogen-bond donors (Lipinski definition) is 0. The molecule has 76 valence electrons. The van der Waals surface area contributed by atoms with Gasteiger partial charge in [-0.05, 0) is 0 Å². The van der Waals surface area contributed by atoms with E-state index in [0.717, 1.165) is 0 Å². The summed E-state index contributed by atoms with van der Waals surface area (Å²) in [6.45, 7) is 0. The fraction of sp³-hybridized carbons (Fsp3) is 1.00. The van der Waals surface area contributed by atoms with E-state index in [1.54, 1.807) is 0 Å². The molecular formula is C2F6K4O3P+. The molecule has 0 aromatic rings. The molecule has 0 saturated carbocycles. The Balaban J connectivity index is -0.0000000500. The van der Waals surface area contributed by atoms with Gasteiger partial charge in [0.2, 0.25) is 0 Å². The molecule has 0 saturated heterocycles. The zero-order chi connectivity index (χ0) is 9.50. The van der Waals surface area contributed by atoms with Crippen LogP contribution in [0.25, 0.3) is 0 Å². The summed E-state index contributed by atoms with van der Waals surface area (Å²) in [6, 6.07) is 0. The third-order valence-electron chi connectivity index (χ3n) is 0.685. The monoisotopic (exact) mass is 373 g/mol. The van der Waals surface area contributed by atoms with Crippen LogP contribution in [0.1, 0.15) is 0 Å². The summed E-state index contributed by atoms with van der Waals surface area (Å²) in [5, 5.41) is 0. The molecule has 0 amide bonds. The molecule has 0 fully saturated rings. The van der Waals surface area contributed by atoms with Crippen molar-refractivity contribution in [2.45, 2.75) is 11.8 Å². The molecule has 0 spiro atoms. The molecule has 0 N–H and O–H groups in total. The maximum atomic E-state index is 11.4. The quantitative estimate of drug-likeness (QED) is 0.261. The summed E-state index contributed by atoms with van der Waals surface area (Å²) in [4.78, 5) is 18.6. The molecule has 0 aromatic carbocycles. The zero-order valence-electron chi connectivity index (χ0n) is 8.94. The normalized spacial score (nSPS) is 10.4. The standard InChI is InChI=1S/C2H2F5O3P.FH.4K/c3-1(4,5)2(6,7)11(8,9)10;;;;;/h(H2,8,9,10);1H;;;;/q;;4*+1/p-3. The molecule has 0 rings (SSSR count). The van der Waals surface area contributed by atoms with E-state index in [9.17, 15) is 36.3 Å². The number of alkyl halides is 5. The molecule has 0 aromatic heterocycles. The Kier molecular flexibility index (Phi) is 35.3. The van der Waals surface area contributed by atoms with E-state index in [2.05, 4.69) is 0 Å². The van der Waals surface area contributed by atoms with Gasteiger partial charge in [0.25, 0.3) is 0 Å². The van der Waals surface area contributed by atoms with E-state index in [-0.39, 0.29) is 210 Å². The predicted octanol–water partition coefficient (Wildman–Crippen LogP) is -14.9. The SMILES string of the molecule is O=P([O-])([O-])C(F)(F)C(F)(F)F.[F-].[K+].[K+].[K+].[K+]. The van der Waals surface area contributed by atoms with Gasteiger partial charge in [-0.15, -0.1) is 0 Å². The fourth-order valence-electron chi connectivity index (χ4n) is 0.155. The van der Waals surface area contributed by atoms with Gasteiger partial charge in [-0.3, -0.25) is 0 Å². The molecule has 0 aliphatic rings. The Bertz CT molecular complexity index is 204. The second-order valence-electron chi connectivity index (χ2n) is 1.54. The minimum absolute atomic E-state index is 0. The molecule has 0 radical (unpaired) electrons. The largest absolute Gasteiger partial charge is 1.00 e. The van der Waals surface area contributed by atoms with E-state index in [1.165, 1.54) is 0 Å². The van der Waals surface area contributed by atoms with Crippen LogP contribution in [0.2, 0.25) is 0 Å². The molecular weight excluding hydrogens is 373 g/mol. The van der Waals surface area contributed by atoms with E-state index in [0.29, 0.717) is 0 Å². The van der Waals surface area contributed by atoms with Crippen molar-refractivity contribution >= 4 is 7.60 Å². The fourth-order valence-corrected chi connectivity index (χ4v) is 0.466. The summed E-state index contributed by atoms with van der Waals surface area (Å²) < 4.78 is 65.2. The molecule has 0 unspecified atom stereocenters. The predicted molar refractivity (Wildman–Crippen MR) is 18.6 cm³/mol. The Morgan fingerprint density at radius 2 is 1.00 bits per heavy atom. The summed E-state index contributed by atoms with van der Waals surface area (Å²) in [5.74, 6) is 0. The van der Waals surface area contributed by atoms with Crippen LogP contribution in [0.15, 0.2) is 0 Å². The van der Waals surface area contributed by atoms with Crippen LogP contribution in [-0.2, 0) is 4.57 Å². The van der Waals surface area contributed by atoms with Crippen molar-refractivity contribution in [3.05, 3.63) is 0 Å². The van der Waals surface area contributed by atoms with Gasteiger partial charge in [0, 0.05) is 7.60 Å². The molecule has 14 heteroatoms. The third kappa shape index (κ3) is 12.8. The smallest absolute Gasteiger partial charge is 1.00 e. The van der Waals surface area contributed by atoms with Gasteiger partial charge in [0.1, 0.15) is 0 Å². The van der Waals surface area contributed by atoms with Crippen molar-refractivity contribution in [1.82, 2.24) is 0 Å². The van der Waals surface area contributed by atoms with Gasteiger partial charge in [-0.1, -0.05) is 0 Å². The van der Waals surface area contributed by atoms with Gasteiger partial charge in [-0.25, -0.2) is 0 Å².